The summed E-state index contributed by atoms with van der Waals surface area (Å²) in [6, 6.07) is 10.5. The summed E-state index contributed by atoms with van der Waals surface area (Å²) in [6.45, 7) is 0. The van der Waals surface area contributed by atoms with Gasteiger partial charge in [-0.05, 0) is 30.3 Å². The Morgan fingerprint density at radius 2 is 2.04 bits per heavy atom. The molecule has 3 rings (SSSR count). The molecule has 0 unspecified atom stereocenters. The quantitative estimate of drug-likeness (QED) is 0.594. The molecule has 0 bridgehead atoms. The molecule has 0 fully saturated rings. The van der Waals surface area contributed by atoms with Crippen LogP contribution in [0.1, 0.15) is 10.4 Å². The Morgan fingerprint density at radius 1 is 1.35 bits per heavy atom. The molecule has 0 aliphatic rings. The molecular formula is C16H10FN2O4. The maximum Gasteiger partial charge on any atom is 0.281 e. The summed E-state index contributed by atoms with van der Waals surface area (Å²) < 4.78 is 18.7. The van der Waals surface area contributed by atoms with E-state index in [-0.39, 0.29) is 22.6 Å². The largest absolute Gasteiger partial charge is 0.455 e. The maximum atomic E-state index is 13.1. The van der Waals surface area contributed by atoms with Crippen molar-refractivity contribution < 1.29 is 18.5 Å². The molecule has 1 radical (unpaired) electrons. The first kappa shape index (κ1) is 14.7. The Bertz CT molecular complexity index is 916. The number of nitro groups is 1. The number of rotatable bonds is 3. The molecule has 0 atom stereocenters. The molecule has 1 heterocycles. The van der Waals surface area contributed by atoms with Crippen LogP contribution >= 0.6 is 0 Å². The molecule has 0 spiro atoms. The van der Waals surface area contributed by atoms with Gasteiger partial charge in [0.25, 0.3) is 11.6 Å². The SMILES string of the molecule is CNC(=O)c1c(-c2ccc(F)cc2)oc2cc([N+](=O)[O-])[c]cc12. The van der Waals surface area contributed by atoms with Gasteiger partial charge in [0.15, 0.2) is 0 Å². The first-order chi connectivity index (χ1) is 11.0. The van der Waals surface area contributed by atoms with Gasteiger partial charge in [0, 0.05) is 18.0 Å². The average Bonchev–Trinajstić information content (AvgIpc) is 2.93. The number of hydrogen-bond acceptors (Lipinski definition) is 4. The minimum atomic E-state index is -0.598. The van der Waals surface area contributed by atoms with E-state index in [0.717, 1.165) is 0 Å². The Labute approximate surface area is 129 Å². The second-order valence-corrected chi connectivity index (χ2v) is 4.75. The van der Waals surface area contributed by atoms with Gasteiger partial charge in [0.2, 0.25) is 0 Å². The fourth-order valence-corrected chi connectivity index (χ4v) is 2.28. The zero-order chi connectivity index (χ0) is 16.6. The lowest BCUT2D eigenvalue weighted by Gasteiger charge is -2.02. The maximum absolute atomic E-state index is 13.1. The Morgan fingerprint density at radius 3 is 2.65 bits per heavy atom. The molecule has 23 heavy (non-hydrogen) atoms. The normalized spacial score (nSPS) is 10.7. The summed E-state index contributed by atoms with van der Waals surface area (Å²) >= 11 is 0. The zero-order valence-corrected chi connectivity index (χ0v) is 11.9. The molecule has 1 aromatic heterocycles. The number of halogens is 1. The highest BCUT2D eigenvalue weighted by Gasteiger charge is 2.23. The Kier molecular flexibility index (Phi) is 3.53. The van der Waals surface area contributed by atoms with Crippen molar-refractivity contribution in [2.75, 3.05) is 7.05 Å². The smallest absolute Gasteiger partial charge is 0.281 e. The van der Waals surface area contributed by atoms with Crippen molar-refractivity contribution in [3.8, 4) is 11.3 Å². The molecule has 7 heteroatoms. The van der Waals surface area contributed by atoms with E-state index in [4.69, 9.17) is 4.42 Å². The number of nitrogens with zero attached hydrogens (tertiary/aromatic N) is 1. The van der Waals surface area contributed by atoms with Gasteiger partial charge in [-0.15, -0.1) is 0 Å². The van der Waals surface area contributed by atoms with Crippen LogP contribution in [0, 0.1) is 22.0 Å². The van der Waals surface area contributed by atoms with Gasteiger partial charge in [-0.2, -0.15) is 0 Å². The minimum absolute atomic E-state index is 0.188. The highest BCUT2D eigenvalue weighted by Crippen LogP contribution is 2.35. The van der Waals surface area contributed by atoms with Gasteiger partial charge >= 0.3 is 0 Å². The van der Waals surface area contributed by atoms with E-state index in [0.29, 0.717) is 10.9 Å². The molecule has 0 saturated heterocycles. The number of benzene rings is 2. The van der Waals surface area contributed by atoms with Crippen molar-refractivity contribution in [1.82, 2.24) is 5.32 Å². The third-order valence-corrected chi connectivity index (χ3v) is 3.36. The summed E-state index contributed by atoms with van der Waals surface area (Å²) in [5.41, 5.74) is 0.637. The monoisotopic (exact) mass is 313 g/mol. The van der Waals surface area contributed by atoms with Crippen LogP contribution in [0.2, 0.25) is 0 Å². The number of non-ortho nitro benzene ring substituents is 1. The van der Waals surface area contributed by atoms with Gasteiger partial charge < -0.3 is 9.73 Å². The number of nitrogens with one attached hydrogen (secondary N) is 1. The summed E-state index contributed by atoms with van der Waals surface area (Å²) in [6.07, 6.45) is 0. The first-order valence-electron chi connectivity index (χ1n) is 6.62. The van der Waals surface area contributed by atoms with E-state index in [1.54, 1.807) is 0 Å². The molecule has 0 aliphatic heterocycles. The van der Waals surface area contributed by atoms with Crippen LogP contribution in [0.15, 0.2) is 40.8 Å². The van der Waals surface area contributed by atoms with Crippen molar-refractivity contribution in [2.45, 2.75) is 0 Å². The van der Waals surface area contributed by atoms with Crippen molar-refractivity contribution in [1.29, 1.82) is 0 Å². The van der Waals surface area contributed by atoms with E-state index in [1.165, 1.54) is 43.4 Å². The number of hydrogen-bond donors (Lipinski definition) is 1. The fraction of sp³-hybridized carbons (Fsp3) is 0.0625. The van der Waals surface area contributed by atoms with Crippen molar-refractivity contribution in [3.05, 3.63) is 64.0 Å². The lowest BCUT2D eigenvalue weighted by molar-refractivity contribution is -0.385. The summed E-state index contributed by atoms with van der Waals surface area (Å²) in [5.74, 6) is -0.617. The Hall–Kier alpha value is -3.22. The van der Waals surface area contributed by atoms with Crippen molar-refractivity contribution in [2.24, 2.45) is 0 Å². The molecule has 0 aliphatic carbocycles. The number of carbonyl (C=O) groups is 1. The second kappa shape index (κ2) is 5.53. The van der Waals surface area contributed by atoms with Crippen LogP contribution < -0.4 is 5.32 Å². The second-order valence-electron chi connectivity index (χ2n) is 4.75. The van der Waals surface area contributed by atoms with Gasteiger partial charge in [0.1, 0.15) is 17.2 Å². The number of furan rings is 1. The van der Waals surface area contributed by atoms with Crippen LogP contribution in [0.4, 0.5) is 10.1 Å². The van der Waals surface area contributed by atoms with E-state index in [9.17, 15) is 19.3 Å². The number of nitro benzene ring substituents is 1. The molecule has 0 saturated carbocycles. The fourth-order valence-electron chi connectivity index (χ4n) is 2.28. The predicted molar refractivity (Wildman–Crippen MR) is 80.5 cm³/mol. The zero-order valence-electron chi connectivity index (χ0n) is 11.9. The van der Waals surface area contributed by atoms with Crippen LogP contribution in [-0.4, -0.2) is 17.9 Å². The van der Waals surface area contributed by atoms with E-state index in [1.807, 2.05) is 0 Å². The van der Waals surface area contributed by atoms with Crippen molar-refractivity contribution >= 4 is 22.6 Å². The summed E-state index contributed by atoms with van der Waals surface area (Å²) in [5, 5.41) is 13.7. The third-order valence-electron chi connectivity index (χ3n) is 3.36. The topological polar surface area (TPSA) is 85.4 Å². The number of amides is 1. The number of carbonyl (C=O) groups excluding carboxylic acids is 1. The highest BCUT2D eigenvalue weighted by molar-refractivity contribution is 6.11. The highest BCUT2D eigenvalue weighted by atomic mass is 19.1. The molecular weight excluding hydrogens is 303 g/mol. The molecule has 115 valence electrons. The molecule has 1 amide bonds. The molecule has 6 nitrogen and oxygen atoms in total. The van der Waals surface area contributed by atoms with Crippen LogP contribution in [0.25, 0.3) is 22.3 Å². The molecule has 3 aromatic rings. The first-order valence-corrected chi connectivity index (χ1v) is 6.62. The van der Waals surface area contributed by atoms with Crippen LogP contribution in [0.3, 0.4) is 0 Å². The van der Waals surface area contributed by atoms with Crippen molar-refractivity contribution in [3.63, 3.8) is 0 Å². The van der Waals surface area contributed by atoms with Gasteiger partial charge in [-0.3, -0.25) is 14.9 Å². The predicted octanol–water partition coefficient (Wildman–Crippen LogP) is 3.31. The van der Waals surface area contributed by atoms with Crippen LogP contribution in [0.5, 0.6) is 0 Å². The van der Waals surface area contributed by atoms with Gasteiger partial charge in [0.05, 0.1) is 22.6 Å². The summed E-state index contributed by atoms with van der Waals surface area (Å²) in [4.78, 5) is 22.4. The van der Waals surface area contributed by atoms with E-state index in [2.05, 4.69) is 11.4 Å². The van der Waals surface area contributed by atoms with Crippen LogP contribution in [-0.2, 0) is 0 Å². The summed E-state index contributed by atoms with van der Waals surface area (Å²) in [7, 11) is 1.46. The molecule has 1 N–H and O–H groups in total. The van der Waals surface area contributed by atoms with Gasteiger partial charge in [-0.25, -0.2) is 4.39 Å². The van der Waals surface area contributed by atoms with Gasteiger partial charge in [-0.1, -0.05) is 0 Å². The standard InChI is InChI=1S/C16H10FN2O4/c1-18-16(20)14-12-7-6-11(19(21)22)8-13(12)23-15(14)9-2-4-10(17)5-3-9/h2-5,7-8H,1H3,(H,18,20). The number of fused-ring (bicyclic) bond motifs is 1. The van der Waals surface area contributed by atoms with E-state index >= 15 is 0 Å². The molecule has 2 aromatic carbocycles. The average molecular weight is 313 g/mol. The lowest BCUT2D eigenvalue weighted by atomic mass is 10.0. The Balaban J connectivity index is 2.28. The minimum Gasteiger partial charge on any atom is -0.455 e. The lowest BCUT2D eigenvalue weighted by Crippen LogP contribution is -2.18. The van der Waals surface area contributed by atoms with E-state index < -0.39 is 16.6 Å². The third kappa shape index (κ3) is 2.52.